The summed E-state index contributed by atoms with van der Waals surface area (Å²) in [7, 11) is 0. The predicted octanol–water partition coefficient (Wildman–Crippen LogP) is 3.34. The summed E-state index contributed by atoms with van der Waals surface area (Å²) in [6, 6.07) is 14.4. The number of halogens is 1. The number of benzene rings is 2. The lowest BCUT2D eigenvalue weighted by atomic mass is 10.1. The number of aromatic hydroxyl groups is 1. The second-order valence-corrected chi connectivity index (χ2v) is 4.73. The Hall–Kier alpha value is -1.81. The number of phenols is 1. The van der Waals surface area contributed by atoms with E-state index in [1.165, 1.54) is 6.07 Å². The molecule has 0 heterocycles. The second kappa shape index (κ2) is 5.69. The molecular weight excluding hydrogens is 294 g/mol. The monoisotopic (exact) mass is 305 g/mol. The zero-order valence-corrected chi connectivity index (χ0v) is 11.1. The van der Waals surface area contributed by atoms with Crippen molar-refractivity contribution in [3.05, 3.63) is 58.6 Å². The molecule has 0 fully saturated rings. The second-order valence-electron chi connectivity index (χ2n) is 3.88. The molecular formula is C14H12BrNO2. The standard InChI is InChI=1S/C14H12BrNO2/c15-12-9-11(6-7-13(12)17)16-14(18)8-10-4-2-1-3-5-10/h1-7,9,17H,8H2,(H,16,18). The number of rotatable bonds is 3. The molecule has 0 atom stereocenters. The maximum atomic E-state index is 11.8. The lowest BCUT2D eigenvalue weighted by Crippen LogP contribution is -2.14. The van der Waals surface area contributed by atoms with E-state index in [0.29, 0.717) is 16.6 Å². The van der Waals surface area contributed by atoms with Crippen LogP contribution >= 0.6 is 15.9 Å². The third kappa shape index (κ3) is 3.34. The zero-order chi connectivity index (χ0) is 13.0. The summed E-state index contributed by atoms with van der Waals surface area (Å²) in [5.74, 6) is 0.0647. The van der Waals surface area contributed by atoms with Crippen molar-refractivity contribution in [2.75, 3.05) is 5.32 Å². The van der Waals surface area contributed by atoms with E-state index < -0.39 is 0 Å². The summed E-state index contributed by atoms with van der Waals surface area (Å²) in [6.45, 7) is 0. The van der Waals surface area contributed by atoms with E-state index in [0.717, 1.165) is 5.56 Å². The Morgan fingerprint density at radius 3 is 2.56 bits per heavy atom. The van der Waals surface area contributed by atoms with Crippen molar-refractivity contribution < 1.29 is 9.90 Å². The normalized spacial score (nSPS) is 10.1. The van der Waals surface area contributed by atoms with Crippen LogP contribution in [0.25, 0.3) is 0 Å². The van der Waals surface area contributed by atoms with Gasteiger partial charge in [0, 0.05) is 5.69 Å². The number of carbonyl (C=O) groups excluding carboxylic acids is 1. The van der Waals surface area contributed by atoms with Crippen LogP contribution in [0, 0.1) is 0 Å². The van der Waals surface area contributed by atoms with Crippen LogP contribution in [-0.2, 0) is 11.2 Å². The first-order valence-electron chi connectivity index (χ1n) is 5.47. The topological polar surface area (TPSA) is 49.3 Å². The van der Waals surface area contributed by atoms with Crippen molar-refractivity contribution >= 4 is 27.5 Å². The number of hydrogen-bond donors (Lipinski definition) is 2. The van der Waals surface area contributed by atoms with Crippen LogP contribution in [0.2, 0.25) is 0 Å². The molecule has 1 amide bonds. The summed E-state index contributed by atoms with van der Waals surface area (Å²) >= 11 is 3.20. The van der Waals surface area contributed by atoms with E-state index in [1.807, 2.05) is 30.3 Å². The molecule has 92 valence electrons. The fourth-order valence-corrected chi connectivity index (χ4v) is 1.95. The number of anilines is 1. The van der Waals surface area contributed by atoms with Gasteiger partial charge in [-0.1, -0.05) is 30.3 Å². The highest BCUT2D eigenvalue weighted by Crippen LogP contribution is 2.26. The lowest BCUT2D eigenvalue weighted by Gasteiger charge is -2.06. The molecule has 0 aromatic heterocycles. The first-order chi connectivity index (χ1) is 8.65. The molecule has 2 aromatic rings. The van der Waals surface area contributed by atoms with Gasteiger partial charge in [0.1, 0.15) is 5.75 Å². The number of carbonyl (C=O) groups is 1. The van der Waals surface area contributed by atoms with Crippen LogP contribution in [0.3, 0.4) is 0 Å². The Labute approximate surface area is 114 Å². The van der Waals surface area contributed by atoms with E-state index in [-0.39, 0.29) is 11.7 Å². The van der Waals surface area contributed by atoms with Gasteiger partial charge in [-0.3, -0.25) is 4.79 Å². The minimum atomic E-state index is -0.0845. The number of phenolic OH excluding ortho intramolecular Hbond substituents is 1. The molecule has 0 aliphatic carbocycles. The Morgan fingerprint density at radius 2 is 1.89 bits per heavy atom. The van der Waals surface area contributed by atoms with Crippen LogP contribution in [0.5, 0.6) is 5.75 Å². The van der Waals surface area contributed by atoms with Gasteiger partial charge in [0.05, 0.1) is 10.9 Å². The number of amides is 1. The molecule has 2 aromatic carbocycles. The Kier molecular flexibility index (Phi) is 3.99. The van der Waals surface area contributed by atoms with Gasteiger partial charge in [0.25, 0.3) is 0 Å². The molecule has 0 radical (unpaired) electrons. The van der Waals surface area contributed by atoms with Gasteiger partial charge in [0.2, 0.25) is 5.91 Å². The van der Waals surface area contributed by atoms with Crippen LogP contribution in [0.15, 0.2) is 53.0 Å². The largest absolute Gasteiger partial charge is 0.507 e. The van der Waals surface area contributed by atoms with Crippen molar-refractivity contribution in [3.63, 3.8) is 0 Å². The predicted molar refractivity (Wildman–Crippen MR) is 74.6 cm³/mol. The molecule has 0 saturated heterocycles. The maximum Gasteiger partial charge on any atom is 0.228 e. The number of nitrogens with one attached hydrogen (secondary N) is 1. The van der Waals surface area contributed by atoms with Crippen LogP contribution in [-0.4, -0.2) is 11.0 Å². The molecule has 4 heteroatoms. The van der Waals surface area contributed by atoms with Crippen LogP contribution in [0.1, 0.15) is 5.56 Å². The average molecular weight is 306 g/mol. The van der Waals surface area contributed by atoms with E-state index >= 15 is 0 Å². The van der Waals surface area contributed by atoms with Crippen molar-refractivity contribution in [3.8, 4) is 5.75 Å². The van der Waals surface area contributed by atoms with Gasteiger partial charge in [-0.25, -0.2) is 0 Å². The van der Waals surface area contributed by atoms with Crippen LogP contribution in [0.4, 0.5) is 5.69 Å². The van der Waals surface area contributed by atoms with Crippen LogP contribution < -0.4 is 5.32 Å². The third-order valence-electron chi connectivity index (χ3n) is 2.44. The van der Waals surface area contributed by atoms with Crippen molar-refractivity contribution in [1.29, 1.82) is 0 Å². The lowest BCUT2D eigenvalue weighted by molar-refractivity contribution is -0.115. The Morgan fingerprint density at radius 1 is 1.17 bits per heavy atom. The fourth-order valence-electron chi connectivity index (χ4n) is 1.57. The maximum absolute atomic E-state index is 11.8. The molecule has 18 heavy (non-hydrogen) atoms. The number of hydrogen-bond acceptors (Lipinski definition) is 2. The van der Waals surface area contributed by atoms with Gasteiger partial charge < -0.3 is 10.4 Å². The third-order valence-corrected chi connectivity index (χ3v) is 3.07. The summed E-state index contributed by atoms with van der Waals surface area (Å²) < 4.78 is 0.556. The minimum Gasteiger partial charge on any atom is -0.507 e. The minimum absolute atomic E-state index is 0.0845. The fraction of sp³-hybridized carbons (Fsp3) is 0.0714. The summed E-state index contributed by atoms with van der Waals surface area (Å²) in [6.07, 6.45) is 0.333. The molecule has 3 nitrogen and oxygen atoms in total. The molecule has 2 rings (SSSR count). The summed E-state index contributed by atoms with van der Waals surface area (Å²) in [4.78, 5) is 11.8. The summed E-state index contributed by atoms with van der Waals surface area (Å²) in [5, 5.41) is 12.1. The van der Waals surface area contributed by atoms with E-state index in [4.69, 9.17) is 0 Å². The highest BCUT2D eigenvalue weighted by atomic mass is 79.9. The quantitative estimate of drug-likeness (QED) is 0.855. The van der Waals surface area contributed by atoms with Crippen molar-refractivity contribution in [2.24, 2.45) is 0 Å². The first-order valence-corrected chi connectivity index (χ1v) is 6.27. The Balaban J connectivity index is 2.01. The van der Waals surface area contributed by atoms with E-state index in [9.17, 15) is 9.90 Å². The van der Waals surface area contributed by atoms with Crippen molar-refractivity contribution in [1.82, 2.24) is 0 Å². The van der Waals surface area contributed by atoms with Crippen molar-refractivity contribution in [2.45, 2.75) is 6.42 Å². The van der Waals surface area contributed by atoms with E-state index in [1.54, 1.807) is 12.1 Å². The molecule has 2 N–H and O–H groups in total. The van der Waals surface area contributed by atoms with Gasteiger partial charge in [-0.15, -0.1) is 0 Å². The molecule has 0 saturated carbocycles. The van der Waals surface area contributed by atoms with Gasteiger partial charge in [0.15, 0.2) is 0 Å². The Bertz CT molecular complexity index is 555. The van der Waals surface area contributed by atoms with Gasteiger partial charge in [-0.2, -0.15) is 0 Å². The first kappa shape index (κ1) is 12.6. The molecule has 0 aliphatic rings. The smallest absolute Gasteiger partial charge is 0.228 e. The van der Waals surface area contributed by atoms with E-state index in [2.05, 4.69) is 21.2 Å². The molecule has 0 aliphatic heterocycles. The average Bonchev–Trinajstić information content (AvgIpc) is 2.35. The zero-order valence-electron chi connectivity index (χ0n) is 9.56. The molecule has 0 unspecified atom stereocenters. The van der Waals surface area contributed by atoms with Gasteiger partial charge >= 0.3 is 0 Å². The highest BCUT2D eigenvalue weighted by Gasteiger charge is 2.05. The van der Waals surface area contributed by atoms with Gasteiger partial charge in [-0.05, 0) is 39.7 Å². The highest BCUT2D eigenvalue weighted by molar-refractivity contribution is 9.10. The summed E-state index contributed by atoms with van der Waals surface area (Å²) in [5.41, 5.74) is 1.62. The molecule has 0 spiro atoms. The molecule has 0 bridgehead atoms. The SMILES string of the molecule is O=C(Cc1ccccc1)Nc1ccc(O)c(Br)c1.